The highest BCUT2D eigenvalue weighted by Crippen LogP contribution is 2.24. The average molecular weight is 462 g/mol. The molecule has 2 aromatic carbocycles. The summed E-state index contributed by atoms with van der Waals surface area (Å²) in [6, 6.07) is 11.1. The molecule has 2 atom stereocenters. The molecule has 0 N–H and O–H groups in total. The normalized spacial score (nSPS) is 12.6. The summed E-state index contributed by atoms with van der Waals surface area (Å²) in [6.07, 6.45) is 0.269. The predicted octanol–water partition coefficient (Wildman–Crippen LogP) is 3.36. The van der Waals surface area contributed by atoms with E-state index in [1.807, 2.05) is 0 Å². The fraction of sp³-hybridized carbons (Fsp3) is 0.182. The third-order valence-electron chi connectivity index (χ3n) is 3.64. The molecule has 0 aliphatic rings. The Balaban J connectivity index is 1.98. The van der Waals surface area contributed by atoms with Gasteiger partial charge in [-0.25, -0.2) is 9.59 Å². The molecule has 2 rings (SSSR count). The van der Waals surface area contributed by atoms with Gasteiger partial charge in [-0.3, -0.25) is 0 Å². The van der Waals surface area contributed by atoms with Crippen molar-refractivity contribution in [3.63, 3.8) is 0 Å². The van der Waals surface area contributed by atoms with E-state index in [1.54, 1.807) is 0 Å². The molecule has 2 unspecified atom stereocenters. The molecule has 0 aromatic heterocycles. The highest BCUT2D eigenvalue weighted by atomic mass is 32.2. The molecule has 0 spiro atoms. The van der Waals surface area contributed by atoms with E-state index in [2.05, 4.69) is 13.2 Å². The quantitative estimate of drug-likeness (QED) is 0.215. The first kappa shape index (κ1) is 24.5. The lowest BCUT2D eigenvalue weighted by Gasteiger charge is -2.15. The average Bonchev–Trinajstić information content (AvgIpc) is 2.75. The van der Waals surface area contributed by atoms with Gasteiger partial charge in [0.05, 0.1) is 0 Å². The van der Waals surface area contributed by atoms with Gasteiger partial charge >= 0.3 is 22.1 Å². The molecule has 10 heteroatoms. The first-order chi connectivity index (χ1) is 15.1. The molecule has 9 nitrogen and oxygen atoms in total. The Kier molecular flexibility index (Phi) is 8.42. The Morgan fingerprint density at radius 1 is 0.750 bits per heavy atom. The Labute approximate surface area is 185 Å². The van der Waals surface area contributed by atoms with Crippen LogP contribution in [0.1, 0.15) is 13.8 Å². The van der Waals surface area contributed by atoms with Gasteiger partial charge in [0.2, 0.25) is 12.6 Å². The maximum Gasteiger partial charge on any atom is 0.339 e. The summed E-state index contributed by atoms with van der Waals surface area (Å²) in [7, 11) is -4.11. The van der Waals surface area contributed by atoms with Crippen molar-refractivity contribution in [3.05, 3.63) is 73.8 Å². The summed E-state index contributed by atoms with van der Waals surface area (Å²) in [5.74, 6) is -0.590. The van der Waals surface area contributed by atoms with Gasteiger partial charge < -0.3 is 23.1 Å². The number of ether oxygens (including phenoxy) is 4. The van der Waals surface area contributed by atoms with E-state index in [-0.39, 0.29) is 10.6 Å². The Morgan fingerprint density at radius 2 is 1.12 bits per heavy atom. The number of esters is 2. The monoisotopic (exact) mass is 462 g/mol. The number of hydrogen-bond acceptors (Lipinski definition) is 9. The van der Waals surface area contributed by atoms with Crippen molar-refractivity contribution >= 4 is 22.1 Å². The Bertz CT molecular complexity index is 1060. The van der Waals surface area contributed by atoms with Crippen molar-refractivity contribution in [3.8, 4) is 17.2 Å². The van der Waals surface area contributed by atoms with Crippen LogP contribution < -0.4 is 13.7 Å². The van der Waals surface area contributed by atoms with Crippen LogP contribution in [-0.4, -0.2) is 32.9 Å². The minimum atomic E-state index is -4.11. The van der Waals surface area contributed by atoms with Gasteiger partial charge in [0, 0.05) is 26.0 Å². The summed E-state index contributed by atoms with van der Waals surface area (Å²) in [5.41, 5.74) is 0. The molecule has 0 heterocycles. The number of carbonyl (C=O) groups excluding carboxylic acids is 2. The van der Waals surface area contributed by atoms with Crippen molar-refractivity contribution < 1.29 is 41.1 Å². The maximum atomic E-state index is 12.5. The highest BCUT2D eigenvalue weighted by molar-refractivity contribution is 7.87. The largest absolute Gasteiger partial charge is 0.455 e. The van der Waals surface area contributed by atoms with Crippen LogP contribution in [0, 0.1) is 0 Å². The van der Waals surface area contributed by atoms with E-state index in [4.69, 9.17) is 23.1 Å². The first-order valence-electron chi connectivity index (χ1n) is 9.27. The van der Waals surface area contributed by atoms with Crippen LogP contribution >= 0.6 is 0 Å². The van der Waals surface area contributed by atoms with Crippen molar-refractivity contribution in [2.75, 3.05) is 0 Å². The zero-order valence-corrected chi connectivity index (χ0v) is 18.2. The molecule has 0 aliphatic carbocycles. The topological polar surface area (TPSA) is 114 Å². The molecule has 0 saturated heterocycles. The van der Waals surface area contributed by atoms with Crippen LogP contribution in [0.5, 0.6) is 17.2 Å². The summed E-state index contributed by atoms with van der Waals surface area (Å²) in [6.45, 7) is 9.60. The zero-order valence-electron chi connectivity index (χ0n) is 17.4. The van der Waals surface area contributed by atoms with E-state index in [0.29, 0.717) is 11.5 Å². The summed E-state index contributed by atoms with van der Waals surface area (Å²) in [4.78, 5) is 22.2. The lowest BCUT2D eigenvalue weighted by atomic mass is 10.3. The summed E-state index contributed by atoms with van der Waals surface area (Å²) in [5, 5.41) is 0. The molecule has 0 aliphatic heterocycles. The van der Waals surface area contributed by atoms with E-state index in [9.17, 15) is 18.0 Å². The van der Waals surface area contributed by atoms with E-state index in [1.165, 1.54) is 62.4 Å². The maximum absolute atomic E-state index is 12.5. The van der Waals surface area contributed by atoms with E-state index < -0.39 is 34.6 Å². The number of rotatable bonds is 11. The van der Waals surface area contributed by atoms with Crippen LogP contribution in [0.4, 0.5) is 0 Å². The van der Waals surface area contributed by atoms with Gasteiger partial charge in [-0.1, -0.05) is 13.2 Å². The van der Waals surface area contributed by atoms with Gasteiger partial charge in [0.15, 0.2) is 0 Å². The second-order valence-corrected chi connectivity index (χ2v) is 7.68. The minimum Gasteiger partial charge on any atom is -0.455 e. The smallest absolute Gasteiger partial charge is 0.339 e. The third-order valence-corrected chi connectivity index (χ3v) is 4.91. The molecule has 0 bridgehead atoms. The van der Waals surface area contributed by atoms with Crippen LogP contribution in [0.25, 0.3) is 0 Å². The van der Waals surface area contributed by atoms with Crippen molar-refractivity contribution in [2.24, 2.45) is 0 Å². The van der Waals surface area contributed by atoms with Crippen LogP contribution in [0.3, 0.4) is 0 Å². The number of hydrogen-bond donors (Lipinski definition) is 0. The highest BCUT2D eigenvalue weighted by Gasteiger charge is 2.18. The molecule has 0 fully saturated rings. The number of benzene rings is 2. The second-order valence-electron chi connectivity index (χ2n) is 6.13. The van der Waals surface area contributed by atoms with E-state index in [0.717, 1.165) is 12.2 Å². The van der Waals surface area contributed by atoms with E-state index >= 15 is 0 Å². The predicted molar refractivity (Wildman–Crippen MR) is 113 cm³/mol. The Morgan fingerprint density at radius 3 is 1.53 bits per heavy atom. The van der Waals surface area contributed by atoms with Gasteiger partial charge in [-0.15, -0.1) is 0 Å². The van der Waals surface area contributed by atoms with Crippen LogP contribution in [0.15, 0.2) is 78.7 Å². The van der Waals surface area contributed by atoms with Gasteiger partial charge in [0.1, 0.15) is 22.1 Å². The van der Waals surface area contributed by atoms with Crippen LogP contribution in [0.2, 0.25) is 0 Å². The summed E-state index contributed by atoms with van der Waals surface area (Å²) >= 11 is 0. The molecule has 0 amide bonds. The molecular weight excluding hydrogens is 440 g/mol. The van der Waals surface area contributed by atoms with Crippen molar-refractivity contribution in [1.82, 2.24) is 0 Å². The lowest BCUT2D eigenvalue weighted by Crippen LogP contribution is -2.19. The van der Waals surface area contributed by atoms with Gasteiger partial charge in [-0.05, 0) is 48.5 Å². The SMILES string of the molecule is C=CC(=O)OC(C)Oc1ccc(OS(=O)(=O)c2ccc(OC(C)OC(=O)C=C)cc2)cc1. The second kappa shape index (κ2) is 11.0. The number of carbonyl (C=O) groups is 2. The van der Waals surface area contributed by atoms with Crippen molar-refractivity contribution in [1.29, 1.82) is 0 Å². The molecule has 0 radical (unpaired) electrons. The lowest BCUT2D eigenvalue weighted by molar-refractivity contribution is -0.156. The standard InChI is InChI=1S/C22H22O9S/c1-5-21(23)29-15(3)27-17-7-9-19(10-8-17)31-32(25,26)20-13-11-18(12-14-20)28-16(4)30-22(24)6-2/h5-16H,1-2H2,3-4H3. The van der Waals surface area contributed by atoms with Crippen molar-refractivity contribution in [2.45, 2.75) is 31.3 Å². The third kappa shape index (κ3) is 7.47. The molecule has 32 heavy (non-hydrogen) atoms. The molecular formula is C22H22O9S. The van der Waals surface area contributed by atoms with Gasteiger partial charge in [-0.2, -0.15) is 8.42 Å². The Hall–Kier alpha value is -3.79. The summed E-state index contributed by atoms with van der Waals surface area (Å²) < 4.78 is 50.6. The zero-order chi connectivity index (χ0) is 23.7. The molecule has 0 saturated carbocycles. The van der Waals surface area contributed by atoms with Crippen LogP contribution in [-0.2, 0) is 29.2 Å². The fourth-order valence-corrected chi connectivity index (χ4v) is 3.22. The fourth-order valence-electron chi connectivity index (χ4n) is 2.29. The van der Waals surface area contributed by atoms with Gasteiger partial charge in [0.25, 0.3) is 0 Å². The molecule has 170 valence electrons. The molecule has 2 aromatic rings. The minimum absolute atomic E-state index is 0.0541. The first-order valence-corrected chi connectivity index (χ1v) is 10.7.